The lowest BCUT2D eigenvalue weighted by Crippen LogP contribution is -2.48. The van der Waals surface area contributed by atoms with E-state index in [0.717, 1.165) is 25.1 Å². The molecule has 4 nitrogen and oxygen atoms in total. The molecule has 17 heavy (non-hydrogen) atoms. The van der Waals surface area contributed by atoms with Gasteiger partial charge in [-0.25, -0.2) is 0 Å². The summed E-state index contributed by atoms with van der Waals surface area (Å²) in [4.78, 5) is 14.3. The number of aryl methyl sites for hydroxylation is 1. The van der Waals surface area contributed by atoms with Crippen molar-refractivity contribution in [3.8, 4) is 0 Å². The maximum absolute atomic E-state index is 12.4. The number of ether oxygens (including phenoxy) is 1. The molecule has 0 unspecified atom stereocenters. The summed E-state index contributed by atoms with van der Waals surface area (Å²) in [6, 6.07) is 2.08. The van der Waals surface area contributed by atoms with Gasteiger partial charge in [-0.15, -0.1) is 0 Å². The summed E-state index contributed by atoms with van der Waals surface area (Å²) < 4.78 is 10.8. The van der Waals surface area contributed by atoms with Crippen molar-refractivity contribution in [3.63, 3.8) is 0 Å². The topological polar surface area (TPSA) is 42.7 Å². The minimum absolute atomic E-state index is 0.0210. The van der Waals surface area contributed by atoms with Gasteiger partial charge in [-0.3, -0.25) is 4.79 Å². The van der Waals surface area contributed by atoms with E-state index in [1.165, 1.54) is 6.42 Å². The molecule has 0 bridgehead atoms. The standard InChI is InChI=1S/C13H17NO3/c1-9-4-6-17-12(9)13(15)14-5-2-3-10-7-16-8-11(10)14/h4,6,10-11H,2-3,5,7-8H2,1H3/t10-,11+/m0/s1. The molecule has 2 fully saturated rings. The van der Waals surface area contributed by atoms with Crippen LogP contribution < -0.4 is 0 Å². The van der Waals surface area contributed by atoms with E-state index >= 15 is 0 Å². The maximum atomic E-state index is 12.4. The van der Waals surface area contributed by atoms with E-state index in [4.69, 9.17) is 9.15 Å². The van der Waals surface area contributed by atoms with Crippen LogP contribution in [0.15, 0.2) is 16.7 Å². The second kappa shape index (κ2) is 4.18. The fraction of sp³-hybridized carbons (Fsp3) is 0.615. The van der Waals surface area contributed by atoms with Crippen molar-refractivity contribution >= 4 is 5.91 Å². The third-order valence-electron chi connectivity index (χ3n) is 3.86. The number of hydrogen-bond donors (Lipinski definition) is 0. The molecular formula is C13H17NO3. The number of rotatable bonds is 1. The molecule has 1 amide bonds. The third-order valence-corrected chi connectivity index (χ3v) is 3.86. The molecule has 2 atom stereocenters. The van der Waals surface area contributed by atoms with Crippen LogP contribution in [-0.2, 0) is 4.74 Å². The first-order chi connectivity index (χ1) is 8.27. The molecule has 1 aromatic rings. The molecule has 2 saturated heterocycles. The normalized spacial score (nSPS) is 28.2. The molecule has 0 saturated carbocycles. The Balaban J connectivity index is 1.83. The first-order valence-corrected chi connectivity index (χ1v) is 6.20. The molecule has 3 rings (SSSR count). The van der Waals surface area contributed by atoms with Gasteiger partial charge in [0, 0.05) is 18.0 Å². The van der Waals surface area contributed by atoms with Crippen molar-refractivity contribution < 1.29 is 13.9 Å². The number of furan rings is 1. The number of carbonyl (C=O) groups is 1. The Labute approximate surface area is 101 Å². The maximum Gasteiger partial charge on any atom is 0.290 e. The van der Waals surface area contributed by atoms with Crippen molar-refractivity contribution in [1.29, 1.82) is 0 Å². The van der Waals surface area contributed by atoms with Gasteiger partial charge in [-0.2, -0.15) is 0 Å². The van der Waals surface area contributed by atoms with Crippen LogP contribution in [0.5, 0.6) is 0 Å². The van der Waals surface area contributed by atoms with Gasteiger partial charge in [0.05, 0.1) is 25.5 Å². The van der Waals surface area contributed by atoms with Crippen molar-refractivity contribution in [1.82, 2.24) is 4.90 Å². The minimum Gasteiger partial charge on any atom is -0.459 e. The lowest BCUT2D eigenvalue weighted by Gasteiger charge is -2.35. The van der Waals surface area contributed by atoms with E-state index in [0.29, 0.717) is 18.3 Å². The zero-order valence-corrected chi connectivity index (χ0v) is 10.0. The number of hydrogen-bond acceptors (Lipinski definition) is 3. The Morgan fingerprint density at radius 3 is 3.12 bits per heavy atom. The highest BCUT2D eigenvalue weighted by molar-refractivity contribution is 5.93. The second-order valence-corrected chi connectivity index (χ2v) is 4.94. The van der Waals surface area contributed by atoms with E-state index in [1.54, 1.807) is 6.26 Å². The molecular weight excluding hydrogens is 218 g/mol. The monoisotopic (exact) mass is 235 g/mol. The summed E-state index contributed by atoms with van der Waals surface area (Å²) in [5, 5.41) is 0. The first kappa shape index (κ1) is 10.8. The fourth-order valence-electron chi connectivity index (χ4n) is 2.87. The predicted molar refractivity (Wildman–Crippen MR) is 61.8 cm³/mol. The molecule has 92 valence electrons. The Morgan fingerprint density at radius 1 is 1.47 bits per heavy atom. The van der Waals surface area contributed by atoms with Crippen LogP contribution >= 0.6 is 0 Å². The quantitative estimate of drug-likeness (QED) is 0.746. The van der Waals surface area contributed by atoms with E-state index in [1.807, 2.05) is 17.9 Å². The first-order valence-electron chi connectivity index (χ1n) is 6.20. The van der Waals surface area contributed by atoms with Crippen LogP contribution in [-0.4, -0.2) is 36.6 Å². The van der Waals surface area contributed by atoms with Gasteiger partial charge in [0.15, 0.2) is 5.76 Å². The second-order valence-electron chi connectivity index (χ2n) is 4.94. The van der Waals surface area contributed by atoms with Gasteiger partial charge in [0.25, 0.3) is 5.91 Å². The predicted octanol–water partition coefficient (Wildman–Crippen LogP) is 1.84. The molecule has 0 aliphatic carbocycles. The highest BCUT2D eigenvalue weighted by atomic mass is 16.5. The number of carbonyl (C=O) groups excluding carboxylic acids is 1. The Bertz CT molecular complexity index is 426. The lowest BCUT2D eigenvalue weighted by atomic mass is 9.92. The lowest BCUT2D eigenvalue weighted by molar-refractivity contribution is 0.0526. The number of fused-ring (bicyclic) bond motifs is 1. The number of nitrogens with zero attached hydrogens (tertiary/aromatic N) is 1. The average molecular weight is 235 g/mol. The van der Waals surface area contributed by atoms with Gasteiger partial charge in [-0.05, 0) is 25.8 Å². The van der Waals surface area contributed by atoms with E-state index < -0.39 is 0 Å². The molecule has 0 N–H and O–H groups in total. The van der Waals surface area contributed by atoms with E-state index in [2.05, 4.69) is 0 Å². The van der Waals surface area contributed by atoms with Crippen molar-refractivity contribution in [2.24, 2.45) is 5.92 Å². The fourth-order valence-corrected chi connectivity index (χ4v) is 2.87. The summed E-state index contributed by atoms with van der Waals surface area (Å²) >= 11 is 0. The molecule has 0 spiro atoms. The summed E-state index contributed by atoms with van der Waals surface area (Å²) in [6.07, 6.45) is 3.82. The SMILES string of the molecule is Cc1ccoc1C(=O)N1CCC[C@H]2COC[C@H]21. The Hall–Kier alpha value is -1.29. The molecule has 0 radical (unpaired) electrons. The highest BCUT2D eigenvalue weighted by Gasteiger charge is 2.39. The average Bonchev–Trinajstić information content (AvgIpc) is 2.95. The van der Waals surface area contributed by atoms with E-state index in [-0.39, 0.29) is 11.9 Å². The van der Waals surface area contributed by atoms with Gasteiger partial charge < -0.3 is 14.1 Å². The summed E-state index contributed by atoms with van der Waals surface area (Å²) in [7, 11) is 0. The van der Waals surface area contributed by atoms with Crippen LogP contribution in [0.25, 0.3) is 0 Å². The Kier molecular flexibility index (Phi) is 2.67. The van der Waals surface area contributed by atoms with Gasteiger partial charge in [-0.1, -0.05) is 0 Å². The third kappa shape index (κ3) is 1.76. The smallest absolute Gasteiger partial charge is 0.290 e. The molecule has 3 heterocycles. The molecule has 2 aliphatic heterocycles. The van der Waals surface area contributed by atoms with Crippen LogP contribution in [0.1, 0.15) is 29.0 Å². The van der Waals surface area contributed by atoms with Gasteiger partial charge >= 0.3 is 0 Å². The van der Waals surface area contributed by atoms with Crippen LogP contribution in [0, 0.1) is 12.8 Å². The number of amides is 1. The summed E-state index contributed by atoms with van der Waals surface area (Å²) in [5.74, 6) is 1.02. The summed E-state index contributed by atoms with van der Waals surface area (Å²) in [5.41, 5.74) is 0.913. The molecule has 2 aliphatic rings. The van der Waals surface area contributed by atoms with Crippen molar-refractivity contribution in [2.75, 3.05) is 19.8 Å². The van der Waals surface area contributed by atoms with Gasteiger partial charge in [0.1, 0.15) is 0 Å². The summed E-state index contributed by atoms with van der Waals surface area (Å²) in [6.45, 7) is 4.20. The van der Waals surface area contributed by atoms with Crippen LogP contribution in [0.2, 0.25) is 0 Å². The zero-order valence-electron chi connectivity index (χ0n) is 10.0. The molecule has 0 aromatic carbocycles. The zero-order chi connectivity index (χ0) is 11.8. The number of likely N-dealkylation sites (tertiary alicyclic amines) is 1. The van der Waals surface area contributed by atoms with E-state index in [9.17, 15) is 4.79 Å². The van der Waals surface area contributed by atoms with Crippen molar-refractivity contribution in [2.45, 2.75) is 25.8 Å². The highest BCUT2D eigenvalue weighted by Crippen LogP contribution is 2.30. The van der Waals surface area contributed by atoms with Crippen LogP contribution in [0.4, 0.5) is 0 Å². The molecule has 4 heteroatoms. The van der Waals surface area contributed by atoms with Crippen molar-refractivity contribution in [3.05, 3.63) is 23.7 Å². The largest absolute Gasteiger partial charge is 0.459 e. The van der Waals surface area contributed by atoms with Crippen LogP contribution in [0.3, 0.4) is 0 Å². The molecule has 1 aromatic heterocycles. The number of piperidine rings is 1. The Morgan fingerprint density at radius 2 is 2.35 bits per heavy atom. The van der Waals surface area contributed by atoms with Gasteiger partial charge in [0.2, 0.25) is 0 Å². The minimum atomic E-state index is 0.0210.